The third-order valence-corrected chi connectivity index (χ3v) is 8.62. The number of hydrogen-bond acceptors (Lipinski definition) is 9. The molecule has 2 saturated heterocycles. The Kier molecular flexibility index (Phi) is 8.03. The number of aromatic nitrogens is 4. The maximum Gasteiger partial charge on any atom is 0.264 e. The second-order valence-electron chi connectivity index (χ2n) is 12.0. The van der Waals surface area contributed by atoms with Gasteiger partial charge in [-0.05, 0) is 69.8 Å². The van der Waals surface area contributed by atoms with E-state index in [9.17, 15) is 10.1 Å². The molecule has 2 N–H and O–H groups in total. The first-order chi connectivity index (χ1) is 21.2. The number of piperazine rings is 1. The fourth-order valence-corrected chi connectivity index (χ4v) is 5.89. The highest BCUT2D eigenvalue weighted by atomic mass is 16.5. The van der Waals surface area contributed by atoms with Gasteiger partial charge in [0.05, 0.1) is 18.0 Å². The first-order valence-electron chi connectivity index (χ1n) is 14.9. The Morgan fingerprint density at radius 1 is 1.05 bits per heavy atom. The molecular weight excluding hydrogens is 554 g/mol. The highest BCUT2D eigenvalue weighted by Gasteiger charge is 2.37. The molecule has 0 bridgehead atoms. The quantitative estimate of drug-likeness (QED) is 0.239. The number of likely N-dealkylation sites (tertiary alicyclic amines) is 1. The molecule has 2 aliphatic rings. The number of carbonyl (C=O) groups is 1. The fraction of sp³-hybridized carbons (Fsp3) is 0.364. The molecule has 4 aromatic rings. The van der Waals surface area contributed by atoms with Crippen LogP contribution in [0.15, 0.2) is 72.6 Å². The topological polar surface area (TPSA) is 129 Å². The van der Waals surface area contributed by atoms with E-state index in [-0.39, 0.29) is 17.5 Å². The van der Waals surface area contributed by atoms with Gasteiger partial charge in [0.1, 0.15) is 41.0 Å². The molecule has 44 heavy (non-hydrogen) atoms. The van der Waals surface area contributed by atoms with Crippen molar-refractivity contribution in [2.45, 2.75) is 38.4 Å². The molecule has 0 spiro atoms. The lowest BCUT2D eigenvalue weighted by Crippen LogP contribution is -2.55. The van der Waals surface area contributed by atoms with E-state index in [4.69, 9.17) is 15.6 Å². The minimum absolute atomic E-state index is 0.125. The van der Waals surface area contributed by atoms with Gasteiger partial charge in [0.2, 0.25) is 0 Å². The number of nitrogens with zero attached hydrogens (tertiary/aromatic N) is 8. The lowest BCUT2D eigenvalue weighted by atomic mass is 9.95. The molecule has 2 aliphatic heterocycles. The lowest BCUT2D eigenvalue weighted by Gasteiger charge is -2.43. The number of rotatable bonds is 8. The molecule has 11 nitrogen and oxygen atoms in total. The molecule has 6 rings (SSSR count). The zero-order valence-electron chi connectivity index (χ0n) is 25.3. The summed E-state index contributed by atoms with van der Waals surface area (Å²) < 4.78 is 7.74. The average Bonchev–Trinajstić information content (AvgIpc) is 3.39. The van der Waals surface area contributed by atoms with Crippen LogP contribution >= 0.6 is 0 Å². The van der Waals surface area contributed by atoms with Crippen molar-refractivity contribution >= 4 is 22.8 Å². The van der Waals surface area contributed by atoms with Crippen molar-refractivity contribution in [2.24, 2.45) is 0 Å². The van der Waals surface area contributed by atoms with Gasteiger partial charge in [0.15, 0.2) is 5.65 Å². The minimum Gasteiger partial charge on any atom is -0.457 e. The third-order valence-electron chi connectivity index (χ3n) is 8.62. The van der Waals surface area contributed by atoms with Crippen molar-refractivity contribution in [2.75, 3.05) is 45.5 Å². The van der Waals surface area contributed by atoms with Crippen LogP contribution in [0, 0.1) is 11.3 Å². The van der Waals surface area contributed by atoms with E-state index >= 15 is 0 Å². The van der Waals surface area contributed by atoms with Crippen molar-refractivity contribution in [1.29, 1.82) is 5.26 Å². The van der Waals surface area contributed by atoms with Crippen LogP contribution in [0.2, 0.25) is 0 Å². The molecule has 0 aliphatic carbocycles. The number of ether oxygens (including phenoxy) is 1. The first kappa shape index (κ1) is 29.3. The lowest BCUT2D eigenvalue weighted by molar-refractivity contribution is -0.134. The minimum atomic E-state index is -0.411. The number of nitrogen functional groups attached to an aromatic ring is 1. The number of carbonyl (C=O) groups excluding carboxylic acids is 1. The van der Waals surface area contributed by atoms with Gasteiger partial charge >= 0.3 is 0 Å². The Balaban J connectivity index is 1.22. The van der Waals surface area contributed by atoms with Gasteiger partial charge in [-0.3, -0.25) is 9.69 Å². The monoisotopic (exact) mass is 591 g/mol. The smallest absolute Gasteiger partial charge is 0.264 e. The normalized spacial score (nSPS) is 18.2. The Labute approximate surface area is 257 Å². The summed E-state index contributed by atoms with van der Waals surface area (Å²) in [7, 11) is 2.11. The Morgan fingerprint density at radius 2 is 1.75 bits per heavy atom. The van der Waals surface area contributed by atoms with Gasteiger partial charge in [-0.1, -0.05) is 18.2 Å². The molecule has 0 radical (unpaired) electrons. The van der Waals surface area contributed by atoms with Crippen LogP contribution in [0.4, 0.5) is 5.82 Å². The number of hydrogen-bond donors (Lipinski definition) is 1. The maximum atomic E-state index is 13.6. The van der Waals surface area contributed by atoms with Crippen LogP contribution in [0.3, 0.4) is 0 Å². The van der Waals surface area contributed by atoms with E-state index in [0.29, 0.717) is 41.4 Å². The number of nitrogens with two attached hydrogens (primary N) is 1. The van der Waals surface area contributed by atoms with E-state index in [1.807, 2.05) is 60.7 Å². The highest BCUT2D eigenvalue weighted by molar-refractivity contribution is 5.99. The molecule has 4 heterocycles. The van der Waals surface area contributed by atoms with E-state index in [1.54, 1.807) is 9.58 Å². The summed E-state index contributed by atoms with van der Waals surface area (Å²) in [5.41, 5.74) is 8.20. The number of likely N-dealkylation sites (N-methyl/N-ethyl adjacent to an activating group) is 1. The molecule has 226 valence electrons. The second-order valence-corrected chi connectivity index (χ2v) is 12.0. The molecule has 1 unspecified atom stereocenters. The summed E-state index contributed by atoms with van der Waals surface area (Å²) >= 11 is 0. The summed E-state index contributed by atoms with van der Waals surface area (Å²) in [6, 6.07) is 19.3. The molecule has 11 heteroatoms. The second kappa shape index (κ2) is 12.1. The number of fused-ring (bicyclic) bond motifs is 1. The Morgan fingerprint density at radius 3 is 2.41 bits per heavy atom. The van der Waals surface area contributed by atoms with E-state index in [1.165, 1.54) is 6.33 Å². The van der Waals surface area contributed by atoms with Gasteiger partial charge in [-0.25, -0.2) is 14.6 Å². The highest BCUT2D eigenvalue weighted by Crippen LogP contribution is 2.33. The zero-order valence-corrected chi connectivity index (χ0v) is 25.3. The fourth-order valence-electron chi connectivity index (χ4n) is 5.89. The molecule has 2 aromatic heterocycles. The maximum absolute atomic E-state index is 13.6. The van der Waals surface area contributed by atoms with Crippen molar-refractivity contribution in [1.82, 2.24) is 34.4 Å². The zero-order chi connectivity index (χ0) is 30.8. The number of benzene rings is 2. The molecule has 1 atom stereocenters. The van der Waals surface area contributed by atoms with Gasteiger partial charge in [-0.15, -0.1) is 0 Å². The number of para-hydroxylation sites is 1. The van der Waals surface area contributed by atoms with Crippen molar-refractivity contribution in [3.63, 3.8) is 0 Å². The van der Waals surface area contributed by atoms with Gasteiger partial charge in [-0.2, -0.15) is 10.4 Å². The predicted molar refractivity (Wildman–Crippen MR) is 169 cm³/mol. The third kappa shape index (κ3) is 5.86. The van der Waals surface area contributed by atoms with Crippen LogP contribution in [0.5, 0.6) is 11.5 Å². The van der Waals surface area contributed by atoms with Gasteiger partial charge in [0, 0.05) is 43.8 Å². The van der Waals surface area contributed by atoms with Crippen LogP contribution in [-0.4, -0.2) is 91.7 Å². The van der Waals surface area contributed by atoms with E-state index < -0.39 is 5.54 Å². The number of amides is 1. The average molecular weight is 592 g/mol. The summed E-state index contributed by atoms with van der Waals surface area (Å²) in [5.74, 6) is 1.55. The Bertz CT molecular complexity index is 1720. The standard InChI is InChI=1S/C33H37N9O2/c1-33(2,40-17-15-39(3)16-18-40)19-24(20-34)32(43)41-14-13-25(41)21-42-31-28(30(35)36-22-37-31)29(38-42)23-9-11-27(12-10-23)44-26-7-5-4-6-8-26/h4-12,19,22,25H,13-18,21H2,1-3H3,(H2,35,36,37). The molecular formula is C33H37N9O2. The Hall–Kier alpha value is -4.79. The summed E-state index contributed by atoms with van der Waals surface area (Å²) in [6.45, 7) is 8.85. The SMILES string of the molecule is CN1CCN(C(C)(C)C=C(C#N)C(=O)N2CCC2Cn2nc(-c3ccc(Oc4ccccc4)cc3)c3c(N)ncnc32)CC1. The number of nitriles is 1. The van der Waals surface area contributed by atoms with Crippen molar-refractivity contribution in [3.8, 4) is 28.8 Å². The van der Waals surface area contributed by atoms with Crippen molar-refractivity contribution in [3.05, 3.63) is 72.6 Å². The number of anilines is 1. The van der Waals surface area contributed by atoms with E-state index in [0.717, 1.165) is 43.9 Å². The van der Waals surface area contributed by atoms with Crippen LogP contribution < -0.4 is 10.5 Å². The van der Waals surface area contributed by atoms with Crippen LogP contribution in [-0.2, 0) is 11.3 Å². The van der Waals surface area contributed by atoms with Crippen LogP contribution in [0.1, 0.15) is 20.3 Å². The summed E-state index contributed by atoms with van der Waals surface area (Å²) in [6.07, 6.45) is 4.06. The summed E-state index contributed by atoms with van der Waals surface area (Å²) in [4.78, 5) is 28.7. The van der Waals surface area contributed by atoms with Crippen molar-refractivity contribution < 1.29 is 9.53 Å². The largest absolute Gasteiger partial charge is 0.457 e. The molecule has 2 aromatic carbocycles. The van der Waals surface area contributed by atoms with Crippen LogP contribution in [0.25, 0.3) is 22.3 Å². The van der Waals surface area contributed by atoms with E-state index in [2.05, 4.69) is 46.7 Å². The first-order valence-corrected chi connectivity index (χ1v) is 14.9. The molecule has 2 fully saturated rings. The van der Waals surface area contributed by atoms with Gasteiger partial charge < -0.3 is 20.3 Å². The summed E-state index contributed by atoms with van der Waals surface area (Å²) in [5, 5.41) is 15.6. The molecule has 1 amide bonds. The predicted octanol–water partition coefficient (Wildman–Crippen LogP) is 3.94. The molecule has 0 saturated carbocycles. The van der Waals surface area contributed by atoms with Gasteiger partial charge in [0.25, 0.3) is 5.91 Å².